The van der Waals surface area contributed by atoms with E-state index in [4.69, 9.17) is 9.90 Å². The van der Waals surface area contributed by atoms with E-state index in [1.807, 2.05) is 25.1 Å². The zero-order valence-corrected chi connectivity index (χ0v) is 20.7. The molecule has 0 radical (unpaired) electrons. The number of nitrogens with zero attached hydrogens (tertiary/aromatic N) is 1. The summed E-state index contributed by atoms with van der Waals surface area (Å²) >= 11 is 0. The number of carboxylic acids is 2. The second kappa shape index (κ2) is 11.8. The summed E-state index contributed by atoms with van der Waals surface area (Å²) in [5, 5.41) is 19.6. The first-order valence-corrected chi connectivity index (χ1v) is 11.7. The van der Waals surface area contributed by atoms with E-state index in [2.05, 4.69) is 41.4 Å². The molecule has 38 heavy (non-hydrogen) atoms. The van der Waals surface area contributed by atoms with E-state index < -0.39 is 18.1 Å². The van der Waals surface area contributed by atoms with Crippen molar-refractivity contribution in [1.82, 2.24) is 0 Å². The average Bonchev–Trinajstić information content (AvgIpc) is 3.34. The molecule has 1 aliphatic heterocycles. The van der Waals surface area contributed by atoms with Crippen LogP contribution in [0.1, 0.15) is 49.7 Å². The van der Waals surface area contributed by atoms with Gasteiger partial charge in [-0.15, -0.1) is 0 Å². The van der Waals surface area contributed by atoms with Crippen LogP contribution in [0.3, 0.4) is 0 Å². The fourth-order valence-electron chi connectivity index (χ4n) is 4.29. The molecule has 7 nitrogen and oxygen atoms in total. The number of halogens is 3. The summed E-state index contributed by atoms with van der Waals surface area (Å²) < 4.78 is 31.7. The Morgan fingerprint density at radius 1 is 0.947 bits per heavy atom. The predicted octanol–water partition coefficient (Wildman–Crippen LogP) is 5.88. The van der Waals surface area contributed by atoms with E-state index in [0.717, 1.165) is 30.8 Å². The van der Waals surface area contributed by atoms with Crippen molar-refractivity contribution in [2.75, 3.05) is 23.3 Å². The van der Waals surface area contributed by atoms with Crippen LogP contribution in [-0.4, -0.2) is 47.3 Å². The maximum absolute atomic E-state index is 12.6. The predicted molar refractivity (Wildman–Crippen MR) is 137 cm³/mol. The highest BCUT2D eigenvalue weighted by Crippen LogP contribution is 2.34. The van der Waals surface area contributed by atoms with Gasteiger partial charge < -0.3 is 20.4 Å². The molecule has 4 rings (SSSR count). The van der Waals surface area contributed by atoms with Crippen LogP contribution >= 0.6 is 0 Å². The normalized spacial score (nSPS) is 14.9. The van der Waals surface area contributed by atoms with Gasteiger partial charge in [-0.2, -0.15) is 13.2 Å². The fraction of sp³-hybridized carbons (Fsp3) is 0.250. The number of hydrogen-bond donors (Lipinski definition) is 3. The molecule has 0 saturated carbocycles. The number of benzene rings is 3. The number of carboxylic acid groups (broad SMARTS) is 2. The molecule has 3 aromatic carbocycles. The third-order valence-corrected chi connectivity index (χ3v) is 6.19. The van der Waals surface area contributed by atoms with Gasteiger partial charge in [-0.25, -0.2) is 9.59 Å². The van der Waals surface area contributed by atoms with Gasteiger partial charge in [0.15, 0.2) is 0 Å². The summed E-state index contributed by atoms with van der Waals surface area (Å²) in [5.74, 6) is -3.71. The van der Waals surface area contributed by atoms with Crippen LogP contribution in [0.4, 0.5) is 24.5 Å². The maximum Gasteiger partial charge on any atom is 0.490 e. The number of aryl methyl sites for hydroxylation is 2. The molecule has 200 valence electrons. The highest BCUT2D eigenvalue weighted by atomic mass is 19.4. The maximum atomic E-state index is 12.6. The van der Waals surface area contributed by atoms with Crippen molar-refractivity contribution in [2.24, 2.45) is 0 Å². The molecule has 0 bridgehead atoms. The molecule has 10 heteroatoms. The lowest BCUT2D eigenvalue weighted by atomic mass is 9.94. The van der Waals surface area contributed by atoms with Crippen LogP contribution in [-0.2, 0) is 4.79 Å². The lowest BCUT2D eigenvalue weighted by Crippen LogP contribution is -2.21. The molecule has 1 atom stereocenters. The highest BCUT2D eigenvalue weighted by Gasteiger charge is 2.38. The topological polar surface area (TPSA) is 107 Å². The Kier molecular flexibility index (Phi) is 8.77. The van der Waals surface area contributed by atoms with Gasteiger partial charge in [0.05, 0.1) is 11.3 Å². The van der Waals surface area contributed by atoms with Crippen molar-refractivity contribution in [1.29, 1.82) is 0 Å². The molecule has 1 heterocycles. The third kappa shape index (κ3) is 7.12. The molecule has 1 unspecified atom stereocenters. The van der Waals surface area contributed by atoms with Crippen LogP contribution < -0.4 is 10.2 Å². The van der Waals surface area contributed by atoms with Crippen molar-refractivity contribution >= 4 is 29.2 Å². The Bertz CT molecular complexity index is 1340. The first-order chi connectivity index (χ1) is 17.9. The van der Waals surface area contributed by atoms with Crippen molar-refractivity contribution in [3.05, 3.63) is 94.5 Å². The fourth-order valence-corrected chi connectivity index (χ4v) is 4.29. The number of alkyl halides is 3. The monoisotopic (exact) mass is 528 g/mol. The molecule has 1 aliphatic rings. The molecule has 1 saturated heterocycles. The number of carbonyl (C=O) groups excluding carboxylic acids is 1. The molecule has 0 aliphatic carbocycles. The van der Waals surface area contributed by atoms with Gasteiger partial charge in [-0.3, -0.25) is 4.79 Å². The lowest BCUT2D eigenvalue weighted by Gasteiger charge is -2.21. The van der Waals surface area contributed by atoms with Crippen LogP contribution in [0.5, 0.6) is 0 Å². The SMILES string of the molecule is Cc1cccc(C(=O)Nc2ccc(N3CCC(c4ccccc4C)C3)cc2C(=O)O)c1.O=C(O)C(F)(F)F. The molecule has 1 amide bonds. The van der Waals surface area contributed by atoms with E-state index in [9.17, 15) is 27.9 Å². The zero-order valence-electron chi connectivity index (χ0n) is 20.7. The summed E-state index contributed by atoms with van der Waals surface area (Å²) in [6, 6.07) is 20.9. The van der Waals surface area contributed by atoms with Gasteiger partial charge >= 0.3 is 18.1 Å². The van der Waals surface area contributed by atoms with Crippen molar-refractivity contribution in [3.8, 4) is 0 Å². The number of hydrogen-bond acceptors (Lipinski definition) is 4. The number of aromatic carboxylic acids is 1. The second-order valence-corrected chi connectivity index (χ2v) is 8.95. The summed E-state index contributed by atoms with van der Waals surface area (Å²) in [6.07, 6.45) is -4.06. The first-order valence-electron chi connectivity index (χ1n) is 11.7. The van der Waals surface area contributed by atoms with E-state index in [-0.39, 0.29) is 11.5 Å². The first kappa shape index (κ1) is 28.2. The minimum atomic E-state index is -5.08. The van der Waals surface area contributed by atoms with Gasteiger partial charge in [0.25, 0.3) is 5.91 Å². The molecule has 3 aromatic rings. The molecule has 1 fully saturated rings. The Morgan fingerprint density at radius 2 is 1.63 bits per heavy atom. The van der Waals surface area contributed by atoms with Gasteiger partial charge in [0.1, 0.15) is 0 Å². The minimum Gasteiger partial charge on any atom is -0.478 e. The molecular formula is C28H27F3N2O5. The summed E-state index contributed by atoms with van der Waals surface area (Å²) in [6.45, 7) is 5.76. The molecule has 0 aromatic heterocycles. The van der Waals surface area contributed by atoms with E-state index in [0.29, 0.717) is 17.2 Å². The van der Waals surface area contributed by atoms with Gasteiger partial charge in [-0.05, 0) is 61.7 Å². The Hall–Kier alpha value is -4.34. The minimum absolute atomic E-state index is 0.0952. The molecule has 3 N–H and O–H groups in total. The summed E-state index contributed by atoms with van der Waals surface area (Å²) in [5.41, 5.74) is 5.37. The lowest BCUT2D eigenvalue weighted by molar-refractivity contribution is -0.192. The quantitative estimate of drug-likeness (QED) is 0.382. The number of anilines is 2. The van der Waals surface area contributed by atoms with Gasteiger partial charge in [-0.1, -0.05) is 42.0 Å². The van der Waals surface area contributed by atoms with Crippen LogP contribution in [0.15, 0.2) is 66.7 Å². The Labute approximate surface area is 217 Å². The van der Waals surface area contributed by atoms with E-state index in [1.165, 1.54) is 11.1 Å². The van der Waals surface area contributed by atoms with E-state index >= 15 is 0 Å². The molecular weight excluding hydrogens is 501 g/mol. The Morgan fingerprint density at radius 3 is 2.24 bits per heavy atom. The van der Waals surface area contributed by atoms with E-state index in [1.54, 1.807) is 24.3 Å². The smallest absolute Gasteiger partial charge is 0.478 e. The summed E-state index contributed by atoms with van der Waals surface area (Å²) in [4.78, 5) is 35.6. The molecule has 0 spiro atoms. The summed E-state index contributed by atoms with van der Waals surface area (Å²) in [7, 11) is 0. The largest absolute Gasteiger partial charge is 0.490 e. The number of aliphatic carboxylic acids is 1. The van der Waals surface area contributed by atoms with Gasteiger partial charge in [0.2, 0.25) is 0 Å². The van der Waals surface area contributed by atoms with Crippen LogP contribution in [0.25, 0.3) is 0 Å². The van der Waals surface area contributed by atoms with Crippen LogP contribution in [0.2, 0.25) is 0 Å². The average molecular weight is 529 g/mol. The standard InChI is InChI=1S/C26H26N2O3.C2HF3O2/c1-17-6-5-8-19(14-17)25(29)27-24-11-10-21(15-23(24)26(30)31)28-13-12-20(16-28)22-9-4-3-7-18(22)2;3-2(4,5)1(6)7/h3-11,14-15,20H,12-13,16H2,1-2H3,(H,27,29)(H,30,31);(H,6,7). The number of carbonyl (C=O) groups is 3. The highest BCUT2D eigenvalue weighted by molar-refractivity contribution is 6.08. The number of amides is 1. The number of nitrogens with one attached hydrogen (secondary N) is 1. The van der Waals surface area contributed by atoms with Crippen LogP contribution in [0, 0.1) is 13.8 Å². The van der Waals surface area contributed by atoms with Crippen molar-refractivity contribution < 1.29 is 37.8 Å². The second-order valence-electron chi connectivity index (χ2n) is 8.95. The number of rotatable bonds is 5. The Balaban J connectivity index is 0.000000505. The van der Waals surface area contributed by atoms with Crippen molar-refractivity contribution in [3.63, 3.8) is 0 Å². The zero-order chi connectivity index (χ0) is 28.0. The third-order valence-electron chi connectivity index (χ3n) is 6.19. The van der Waals surface area contributed by atoms with Gasteiger partial charge in [0, 0.05) is 30.3 Å². The van der Waals surface area contributed by atoms with Crippen molar-refractivity contribution in [2.45, 2.75) is 32.4 Å².